The summed E-state index contributed by atoms with van der Waals surface area (Å²) in [5, 5.41) is 7.01. The number of benzene rings is 2. The number of nitrogens with zero attached hydrogens (tertiary/aromatic N) is 4. The van der Waals surface area contributed by atoms with Crippen LogP contribution in [-0.2, 0) is 11.3 Å². The highest BCUT2D eigenvalue weighted by Gasteiger charge is 2.16. The Labute approximate surface area is 177 Å². The lowest BCUT2D eigenvalue weighted by molar-refractivity contribution is -0.117. The van der Waals surface area contributed by atoms with Crippen LogP contribution in [0.15, 0.2) is 65.7 Å². The molecule has 0 bridgehead atoms. The van der Waals surface area contributed by atoms with Crippen molar-refractivity contribution < 1.29 is 14.3 Å². The summed E-state index contributed by atoms with van der Waals surface area (Å²) in [5.74, 6) is 0.882. The number of para-hydroxylation sites is 2. The normalized spacial score (nSPS) is 10.8. The van der Waals surface area contributed by atoms with Gasteiger partial charge in [0, 0.05) is 12.4 Å². The Morgan fingerprint density at radius 2 is 1.90 bits per heavy atom. The van der Waals surface area contributed by atoms with Crippen molar-refractivity contribution in [2.24, 2.45) is 0 Å². The van der Waals surface area contributed by atoms with E-state index in [1.54, 1.807) is 30.3 Å². The first-order chi connectivity index (χ1) is 15.0. The molecule has 9 heteroatoms. The molecule has 0 aliphatic heterocycles. The third kappa shape index (κ3) is 4.40. The standard InChI is InChI=1S/C22H21N5O4/c1-3-30-18-7-5-4-6-17(18)24-19(28)14-27-22(29)26-13-12-23-21(20(26)25-27)31-16-10-8-15(2)9-11-16/h4-13H,3,14H2,1-2H3,(H,24,28). The van der Waals surface area contributed by atoms with Crippen molar-refractivity contribution in [1.82, 2.24) is 19.2 Å². The molecule has 0 aliphatic rings. The van der Waals surface area contributed by atoms with Gasteiger partial charge in [0.2, 0.25) is 11.6 Å². The Balaban J connectivity index is 1.57. The Morgan fingerprint density at radius 1 is 1.13 bits per heavy atom. The van der Waals surface area contributed by atoms with Gasteiger partial charge in [-0.3, -0.25) is 4.79 Å². The number of carbonyl (C=O) groups excluding carboxylic acids is 1. The Morgan fingerprint density at radius 3 is 2.68 bits per heavy atom. The van der Waals surface area contributed by atoms with Gasteiger partial charge < -0.3 is 14.8 Å². The highest BCUT2D eigenvalue weighted by molar-refractivity contribution is 5.92. The predicted molar refractivity (Wildman–Crippen MR) is 115 cm³/mol. The molecule has 4 aromatic rings. The first-order valence-corrected chi connectivity index (χ1v) is 9.75. The van der Waals surface area contributed by atoms with Crippen LogP contribution in [0.2, 0.25) is 0 Å². The van der Waals surface area contributed by atoms with E-state index in [-0.39, 0.29) is 18.1 Å². The maximum absolute atomic E-state index is 12.7. The highest BCUT2D eigenvalue weighted by Crippen LogP contribution is 2.24. The van der Waals surface area contributed by atoms with Crippen LogP contribution in [0.5, 0.6) is 17.4 Å². The second kappa shape index (κ2) is 8.70. The molecule has 0 radical (unpaired) electrons. The minimum atomic E-state index is -0.473. The summed E-state index contributed by atoms with van der Waals surface area (Å²) in [6.45, 7) is 4.03. The van der Waals surface area contributed by atoms with Crippen LogP contribution >= 0.6 is 0 Å². The van der Waals surface area contributed by atoms with Gasteiger partial charge in [0.25, 0.3) is 5.88 Å². The molecule has 1 N–H and O–H groups in total. The molecular weight excluding hydrogens is 398 g/mol. The van der Waals surface area contributed by atoms with Gasteiger partial charge >= 0.3 is 5.69 Å². The Bertz CT molecular complexity index is 1280. The SMILES string of the molecule is CCOc1ccccc1NC(=O)Cn1nc2c(Oc3ccc(C)cc3)nccn2c1=O. The molecule has 31 heavy (non-hydrogen) atoms. The van der Waals surface area contributed by atoms with Gasteiger partial charge in [-0.1, -0.05) is 29.8 Å². The van der Waals surface area contributed by atoms with Crippen LogP contribution in [0.3, 0.4) is 0 Å². The molecule has 2 heterocycles. The van der Waals surface area contributed by atoms with E-state index in [1.165, 1.54) is 16.8 Å². The number of amides is 1. The summed E-state index contributed by atoms with van der Waals surface area (Å²) in [4.78, 5) is 29.4. The minimum Gasteiger partial charge on any atom is -0.492 e. The van der Waals surface area contributed by atoms with Gasteiger partial charge in [-0.2, -0.15) is 0 Å². The summed E-state index contributed by atoms with van der Waals surface area (Å²) in [6.07, 6.45) is 2.92. The van der Waals surface area contributed by atoms with Gasteiger partial charge in [0.05, 0.1) is 12.3 Å². The number of hydrogen-bond donors (Lipinski definition) is 1. The second-order valence-corrected chi connectivity index (χ2v) is 6.76. The van der Waals surface area contributed by atoms with Crippen molar-refractivity contribution in [2.45, 2.75) is 20.4 Å². The molecule has 2 aromatic carbocycles. The van der Waals surface area contributed by atoms with E-state index in [0.717, 1.165) is 10.2 Å². The van der Waals surface area contributed by atoms with Gasteiger partial charge in [-0.15, -0.1) is 5.10 Å². The van der Waals surface area contributed by atoms with E-state index in [4.69, 9.17) is 9.47 Å². The number of ether oxygens (including phenoxy) is 2. The molecule has 0 unspecified atom stereocenters. The number of fused-ring (bicyclic) bond motifs is 1. The number of hydrogen-bond acceptors (Lipinski definition) is 6. The fourth-order valence-corrected chi connectivity index (χ4v) is 3.00. The third-order valence-corrected chi connectivity index (χ3v) is 4.46. The average molecular weight is 419 g/mol. The zero-order chi connectivity index (χ0) is 21.8. The van der Waals surface area contributed by atoms with E-state index >= 15 is 0 Å². The highest BCUT2D eigenvalue weighted by atomic mass is 16.5. The molecule has 0 spiro atoms. The summed E-state index contributed by atoms with van der Waals surface area (Å²) >= 11 is 0. The molecule has 0 aliphatic carbocycles. The molecular formula is C22H21N5O4. The topological polar surface area (TPSA) is 99.8 Å². The third-order valence-electron chi connectivity index (χ3n) is 4.46. The van der Waals surface area contributed by atoms with E-state index in [2.05, 4.69) is 15.4 Å². The van der Waals surface area contributed by atoms with E-state index < -0.39 is 11.6 Å². The zero-order valence-electron chi connectivity index (χ0n) is 17.1. The fraction of sp³-hybridized carbons (Fsp3) is 0.182. The lowest BCUT2D eigenvalue weighted by Crippen LogP contribution is -2.28. The molecule has 4 rings (SSSR count). The first kappa shape index (κ1) is 20.1. The quantitative estimate of drug-likeness (QED) is 0.494. The van der Waals surface area contributed by atoms with Crippen LogP contribution < -0.4 is 20.5 Å². The average Bonchev–Trinajstić information content (AvgIpc) is 3.08. The molecule has 9 nitrogen and oxygen atoms in total. The van der Waals surface area contributed by atoms with Crippen molar-refractivity contribution in [3.63, 3.8) is 0 Å². The monoisotopic (exact) mass is 419 g/mol. The van der Waals surface area contributed by atoms with Crippen molar-refractivity contribution in [1.29, 1.82) is 0 Å². The van der Waals surface area contributed by atoms with Crippen LogP contribution in [0.25, 0.3) is 5.65 Å². The molecule has 2 aromatic heterocycles. The number of nitrogens with one attached hydrogen (secondary N) is 1. The first-order valence-electron chi connectivity index (χ1n) is 9.75. The summed E-state index contributed by atoms with van der Waals surface area (Å²) in [6, 6.07) is 14.5. The number of aryl methyl sites for hydroxylation is 1. The maximum atomic E-state index is 12.7. The molecule has 0 saturated heterocycles. The lowest BCUT2D eigenvalue weighted by Gasteiger charge is -2.10. The van der Waals surface area contributed by atoms with Crippen molar-refractivity contribution in [3.8, 4) is 17.4 Å². The smallest absolute Gasteiger partial charge is 0.351 e. The van der Waals surface area contributed by atoms with Crippen LogP contribution in [0, 0.1) is 6.92 Å². The second-order valence-electron chi connectivity index (χ2n) is 6.76. The summed E-state index contributed by atoms with van der Waals surface area (Å²) in [5.41, 5.74) is 1.36. The number of carbonyl (C=O) groups is 1. The Hall–Kier alpha value is -4.14. The maximum Gasteiger partial charge on any atom is 0.351 e. The van der Waals surface area contributed by atoms with Crippen LogP contribution in [-0.4, -0.2) is 31.7 Å². The van der Waals surface area contributed by atoms with Gasteiger partial charge in [0.1, 0.15) is 18.0 Å². The van der Waals surface area contributed by atoms with E-state index in [1.807, 2.05) is 32.0 Å². The van der Waals surface area contributed by atoms with Crippen LogP contribution in [0.4, 0.5) is 5.69 Å². The van der Waals surface area contributed by atoms with Crippen molar-refractivity contribution in [2.75, 3.05) is 11.9 Å². The van der Waals surface area contributed by atoms with Gasteiger partial charge in [-0.05, 0) is 38.1 Å². The summed E-state index contributed by atoms with van der Waals surface area (Å²) < 4.78 is 13.7. The number of aromatic nitrogens is 4. The zero-order valence-corrected chi connectivity index (χ0v) is 17.1. The van der Waals surface area contributed by atoms with E-state index in [9.17, 15) is 9.59 Å². The lowest BCUT2D eigenvalue weighted by atomic mass is 10.2. The molecule has 0 saturated carbocycles. The van der Waals surface area contributed by atoms with Crippen LogP contribution in [0.1, 0.15) is 12.5 Å². The molecule has 158 valence electrons. The molecule has 0 atom stereocenters. The fourth-order valence-electron chi connectivity index (χ4n) is 3.00. The minimum absolute atomic E-state index is 0.171. The van der Waals surface area contributed by atoms with Crippen molar-refractivity contribution >= 4 is 17.2 Å². The number of anilines is 1. The predicted octanol–water partition coefficient (Wildman–Crippen LogP) is 3.03. The Kier molecular flexibility index (Phi) is 5.65. The molecule has 1 amide bonds. The van der Waals surface area contributed by atoms with Gasteiger partial charge in [-0.25, -0.2) is 18.9 Å². The molecule has 0 fully saturated rings. The largest absolute Gasteiger partial charge is 0.492 e. The number of rotatable bonds is 7. The summed E-state index contributed by atoms with van der Waals surface area (Å²) in [7, 11) is 0. The van der Waals surface area contributed by atoms with Crippen molar-refractivity contribution in [3.05, 3.63) is 77.0 Å². The van der Waals surface area contributed by atoms with Gasteiger partial charge in [0.15, 0.2) is 0 Å². The van der Waals surface area contributed by atoms with E-state index in [0.29, 0.717) is 23.8 Å².